The van der Waals surface area contributed by atoms with Crippen molar-refractivity contribution in [2.75, 3.05) is 18.6 Å². The van der Waals surface area contributed by atoms with Gasteiger partial charge in [0.25, 0.3) is 0 Å². The third kappa shape index (κ3) is 3.02. The number of aromatic nitrogens is 1. The van der Waals surface area contributed by atoms with Gasteiger partial charge in [-0.15, -0.1) is 0 Å². The molecule has 5 nitrogen and oxygen atoms in total. The van der Waals surface area contributed by atoms with E-state index >= 15 is 0 Å². The summed E-state index contributed by atoms with van der Waals surface area (Å²) in [5, 5.41) is 1.14. The van der Waals surface area contributed by atoms with E-state index in [1.54, 1.807) is 11.9 Å². The van der Waals surface area contributed by atoms with Gasteiger partial charge in [-0.1, -0.05) is 18.2 Å². The normalized spacial score (nSPS) is 20.3. The number of H-pyrrole nitrogens is 1. The van der Waals surface area contributed by atoms with Crippen molar-refractivity contribution in [1.29, 1.82) is 0 Å². The maximum atomic E-state index is 12.3. The highest BCUT2D eigenvalue weighted by Crippen LogP contribution is 2.21. The van der Waals surface area contributed by atoms with Crippen LogP contribution in [0, 0.1) is 0 Å². The molecule has 1 saturated heterocycles. The van der Waals surface area contributed by atoms with Crippen LogP contribution in [0.4, 0.5) is 0 Å². The number of carbonyl (C=O) groups is 1. The van der Waals surface area contributed by atoms with Gasteiger partial charge in [0, 0.05) is 36.6 Å². The second-order valence-electron chi connectivity index (χ2n) is 5.92. The Kier molecular flexibility index (Phi) is 3.95. The first kappa shape index (κ1) is 15.1. The molecule has 6 heteroatoms. The van der Waals surface area contributed by atoms with Crippen LogP contribution >= 0.6 is 0 Å². The molecule has 2 aromatic rings. The molecule has 1 atom stereocenters. The molecule has 0 unspecified atom stereocenters. The average Bonchev–Trinajstić information content (AvgIpc) is 3.07. The number of fused-ring (bicyclic) bond motifs is 1. The van der Waals surface area contributed by atoms with Crippen molar-refractivity contribution in [2.24, 2.45) is 0 Å². The van der Waals surface area contributed by atoms with Gasteiger partial charge in [-0.25, -0.2) is 8.42 Å². The van der Waals surface area contributed by atoms with Crippen LogP contribution in [0.25, 0.3) is 10.9 Å². The number of nitrogens with one attached hydrogen (secondary N) is 1. The molecule has 0 saturated carbocycles. The zero-order valence-corrected chi connectivity index (χ0v) is 13.4. The number of rotatable bonds is 4. The van der Waals surface area contributed by atoms with Crippen molar-refractivity contribution < 1.29 is 13.2 Å². The molecule has 0 bridgehead atoms. The molecule has 0 aliphatic carbocycles. The highest BCUT2D eigenvalue weighted by Gasteiger charge is 2.32. The van der Waals surface area contributed by atoms with Crippen LogP contribution < -0.4 is 0 Å². The minimum absolute atomic E-state index is 0.00683. The molecule has 3 rings (SSSR count). The monoisotopic (exact) mass is 320 g/mol. The van der Waals surface area contributed by atoms with Crippen LogP contribution in [0.2, 0.25) is 0 Å². The fourth-order valence-corrected chi connectivity index (χ4v) is 4.82. The number of para-hydroxylation sites is 1. The van der Waals surface area contributed by atoms with Gasteiger partial charge < -0.3 is 9.88 Å². The van der Waals surface area contributed by atoms with Crippen LogP contribution in [0.3, 0.4) is 0 Å². The Bertz CT molecular complexity index is 795. The maximum Gasteiger partial charge on any atom is 0.222 e. The van der Waals surface area contributed by atoms with E-state index in [0.29, 0.717) is 19.3 Å². The molecule has 0 spiro atoms. The molecule has 1 N–H and O–H groups in total. The van der Waals surface area contributed by atoms with E-state index in [9.17, 15) is 13.2 Å². The van der Waals surface area contributed by atoms with Crippen molar-refractivity contribution in [3.63, 3.8) is 0 Å². The number of aryl methyl sites for hydroxylation is 1. The van der Waals surface area contributed by atoms with Gasteiger partial charge in [0.1, 0.15) is 0 Å². The SMILES string of the molecule is CN(C(=O)CCc1c[nH]c2ccccc12)[C@@H]1CCS(=O)(=O)C1. The Labute approximate surface area is 130 Å². The molecule has 0 radical (unpaired) electrons. The molecule has 2 heterocycles. The topological polar surface area (TPSA) is 70.2 Å². The number of amides is 1. The molecule has 1 aromatic carbocycles. The highest BCUT2D eigenvalue weighted by atomic mass is 32.2. The molecule has 1 aromatic heterocycles. The van der Waals surface area contributed by atoms with Gasteiger partial charge in [0.2, 0.25) is 5.91 Å². The standard InChI is InChI=1S/C16H20N2O3S/c1-18(13-8-9-22(20,21)11-13)16(19)7-6-12-10-17-15-5-3-2-4-14(12)15/h2-5,10,13,17H,6-9,11H2,1H3/t13-/m1/s1. The first-order valence-electron chi connectivity index (χ1n) is 7.47. The first-order valence-corrected chi connectivity index (χ1v) is 9.29. The van der Waals surface area contributed by atoms with Crippen molar-refractivity contribution in [1.82, 2.24) is 9.88 Å². The summed E-state index contributed by atoms with van der Waals surface area (Å²) >= 11 is 0. The molecular weight excluding hydrogens is 300 g/mol. The van der Waals surface area contributed by atoms with Crippen LogP contribution in [0.5, 0.6) is 0 Å². The molecule has 118 valence electrons. The van der Waals surface area contributed by atoms with E-state index < -0.39 is 9.84 Å². The first-order chi connectivity index (χ1) is 10.5. The lowest BCUT2D eigenvalue weighted by Crippen LogP contribution is -2.37. The number of benzene rings is 1. The largest absolute Gasteiger partial charge is 0.361 e. The van der Waals surface area contributed by atoms with E-state index in [2.05, 4.69) is 4.98 Å². The van der Waals surface area contributed by atoms with Crippen LogP contribution in [-0.2, 0) is 21.1 Å². The molecule has 1 aliphatic heterocycles. The zero-order valence-electron chi connectivity index (χ0n) is 12.6. The van der Waals surface area contributed by atoms with Gasteiger partial charge >= 0.3 is 0 Å². The number of carbonyl (C=O) groups excluding carboxylic acids is 1. The van der Waals surface area contributed by atoms with Crippen LogP contribution in [0.1, 0.15) is 18.4 Å². The summed E-state index contributed by atoms with van der Waals surface area (Å²) in [6.45, 7) is 0. The number of nitrogens with zero attached hydrogens (tertiary/aromatic N) is 1. The van der Waals surface area contributed by atoms with Gasteiger partial charge in [-0.3, -0.25) is 4.79 Å². The fraction of sp³-hybridized carbons (Fsp3) is 0.438. The van der Waals surface area contributed by atoms with Gasteiger partial charge in [-0.05, 0) is 24.5 Å². The fourth-order valence-electron chi connectivity index (χ4n) is 3.04. The smallest absolute Gasteiger partial charge is 0.222 e. The predicted molar refractivity (Wildman–Crippen MR) is 86.4 cm³/mol. The summed E-state index contributed by atoms with van der Waals surface area (Å²) in [5.41, 5.74) is 2.19. The van der Waals surface area contributed by atoms with Crippen LogP contribution in [-0.4, -0.2) is 48.8 Å². The molecule has 1 fully saturated rings. The predicted octanol–water partition coefficient (Wildman–Crippen LogP) is 1.75. The third-order valence-corrected chi connectivity index (χ3v) is 6.18. The molecule has 1 aliphatic rings. The van der Waals surface area contributed by atoms with E-state index in [4.69, 9.17) is 0 Å². The van der Waals surface area contributed by atoms with Crippen molar-refractivity contribution in [2.45, 2.75) is 25.3 Å². The minimum atomic E-state index is -2.96. The second-order valence-corrected chi connectivity index (χ2v) is 8.15. The summed E-state index contributed by atoms with van der Waals surface area (Å²) in [4.78, 5) is 17.1. The summed E-state index contributed by atoms with van der Waals surface area (Å²) in [6, 6.07) is 7.84. The Hall–Kier alpha value is -1.82. The van der Waals surface area contributed by atoms with E-state index in [-0.39, 0.29) is 23.5 Å². The molecule has 1 amide bonds. The van der Waals surface area contributed by atoms with E-state index in [1.165, 1.54) is 0 Å². The van der Waals surface area contributed by atoms with Crippen LogP contribution in [0.15, 0.2) is 30.5 Å². The van der Waals surface area contributed by atoms with Gasteiger partial charge in [-0.2, -0.15) is 0 Å². The molecule has 22 heavy (non-hydrogen) atoms. The number of aromatic amines is 1. The summed E-state index contributed by atoms with van der Waals surface area (Å²) in [6.07, 6.45) is 3.55. The lowest BCUT2D eigenvalue weighted by molar-refractivity contribution is -0.131. The third-order valence-electron chi connectivity index (χ3n) is 4.43. The zero-order chi connectivity index (χ0) is 15.7. The lowest BCUT2D eigenvalue weighted by atomic mass is 10.1. The number of hydrogen-bond acceptors (Lipinski definition) is 3. The quantitative estimate of drug-likeness (QED) is 0.933. The van der Waals surface area contributed by atoms with Gasteiger partial charge in [0.05, 0.1) is 11.5 Å². The summed E-state index contributed by atoms with van der Waals surface area (Å²) in [7, 11) is -1.25. The minimum Gasteiger partial charge on any atom is -0.361 e. The van der Waals surface area contributed by atoms with Crippen molar-refractivity contribution in [3.05, 3.63) is 36.0 Å². The Morgan fingerprint density at radius 1 is 1.36 bits per heavy atom. The number of hydrogen-bond donors (Lipinski definition) is 1. The van der Waals surface area contributed by atoms with E-state index in [1.807, 2.05) is 30.5 Å². The summed E-state index contributed by atoms with van der Waals surface area (Å²) < 4.78 is 23.0. The van der Waals surface area contributed by atoms with E-state index in [0.717, 1.165) is 16.5 Å². The Balaban J connectivity index is 1.63. The average molecular weight is 320 g/mol. The maximum absolute atomic E-state index is 12.3. The Morgan fingerprint density at radius 3 is 2.86 bits per heavy atom. The highest BCUT2D eigenvalue weighted by molar-refractivity contribution is 7.91. The second kappa shape index (κ2) is 5.76. The Morgan fingerprint density at radius 2 is 2.14 bits per heavy atom. The molecular formula is C16H20N2O3S. The van der Waals surface area contributed by atoms with Crippen molar-refractivity contribution in [3.8, 4) is 0 Å². The number of sulfone groups is 1. The van der Waals surface area contributed by atoms with Gasteiger partial charge in [0.15, 0.2) is 9.84 Å². The summed E-state index contributed by atoms with van der Waals surface area (Å²) in [5.74, 6) is 0.299. The van der Waals surface area contributed by atoms with Crippen molar-refractivity contribution >= 4 is 26.6 Å². The lowest BCUT2D eigenvalue weighted by Gasteiger charge is -2.23.